The Morgan fingerprint density at radius 2 is 1.90 bits per heavy atom. The molecule has 2 aromatic rings. The van der Waals surface area contributed by atoms with Gasteiger partial charge in [0.2, 0.25) is 0 Å². The maximum absolute atomic E-state index is 12.4. The number of nitrogens with one attached hydrogen (secondary N) is 1. The summed E-state index contributed by atoms with van der Waals surface area (Å²) in [5.41, 5.74) is 2.21. The summed E-state index contributed by atoms with van der Waals surface area (Å²) in [6.07, 6.45) is 3.28. The average Bonchev–Trinajstić information content (AvgIpc) is 2.49. The minimum Gasteiger partial charge on any atom is -0.253 e. The van der Waals surface area contributed by atoms with Crippen LogP contribution in [-0.4, -0.2) is 29.2 Å². The minimum absolute atomic E-state index is 0.151. The van der Waals surface area contributed by atoms with Gasteiger partial charge in [0, 0.05) is 13.1 Å². The summed E-state index contributed by atoms with van der Waals surface area (Å²) in [7, 11) is -3.65. The van der Waals surface area contributed by atoms with Crippen LogP contribution in [0, 0.1) is 0 Å². The molecule has 1 aliphatic rings. The van der Waals surface area contributed by atoms with Crippen molar-refractivity contribution in [3.05, 3.63) is 52.9 Å². The molecule has 0 saturated carbocycles. The lowest BCUT2D eigenvalue weighted by atomic mass is 10.0. The van der Waals surface area contributed by atoms with E-state index in [1.807, 2.05) is 24.3 Å². The molecule has 2 heterocycles. The first-order valence-electron chi connectivity index (χ1n) is 6.37. The zero-order chi connectivity index (χ0) is 14.9. The minimum atomic E-state index is -3.65. The van der Waals surface area contributed by atoms with Crippen molar-refractivity contribution in [2.24, 2.45) is 0 Å². The zero-order valence-corrected chi connectivity index (χ0v) is 12.6. The second-order valence-electron chi connectivity index (χ2n) is 4.68. The lowest BCUT2D eigenvalue weighted by molar-refractivity contribution is 0.394. The number of nitrogens with zero attached hydrogens (tertiary/aromatic N) is 3. The fourth-order valence-corrected chi connectivity index (χ4v) is 3.47. The van der Waals surface area contributed by atoms with Crippen molar-refractivity contribution in [2.75, 3.05) is 11.3 Å². The molecule has 0 fully saturated rings. The fourth-order valence-electron chi connectivity index (χ4n) is 2.24. The first-order chi connectivity index (χ1) is 10.0. The molecule has 110 valence electrons. The molecule has 6 nitrogen and oxygen atoms in total. The monoisotopic (exact) mass is 324 g/mol. The van der Waals surface area contributed by atoms with Gasteiger partial charge in [-0.25, -0.2) is 9.97 Å². The first kappa shape index (κ1) is 14.2. The highest BCUT2D eigenvalue weighted by molar-refractivity contribution is 7.90. The van der Waals surface area contributed by atoms with Crippen molar-refractivity contribution in [1.29, 1.82) is 0 Å². The van der Waals surface area contributed by atoms with Crippen molar-refractivity contribution in [3.63, 3.8) is 0 Å². The van der Waals surface area contributed by atoms with E-state index in [2.05, 4.69) is 14.7 Å². The summed E-state index contributed by atoms with van der Waals surface area (Å²) in [6, 6.07) is 7.84. The lowest BCUT2D eigenvalue weighted by Gasteiger charge is -2.27. The van der Waals surface area contributed by atoms with Gasteiger partial charge in [-0.05, 0) is 17.5 Å². The number of hydrogen-bond donors (Lipinski definition) is 1. The van der Waals surface area contributed by atoms with E-state index in [9.17, 15) is 8.42 Å². The number of hydrogen-bond acceptors (Lipinski definition) is 4. The molecule has 0 atom stereocenters. The number of aromatic nitrogens is 2. The lowest BCUT2D eigenvalue weighted by Crippen LogP contribution is -2.39. The van der Waals surface area contributed by atoms with Gasteiger partial charge in [-0.2, -0.15) is 12.7 Å². The quantitative estimate of drug-likeness (QED) is 0.935. The highest BCUT2D eigenvalue weighted by Gasteiger charge is 2.26. The van der Waals surface area contributed by atoms with Crippen LogP contribution in [-0.2, 0) is 23.2 Å². The smallest absolute Gasteiger partial charge is 0.253 e. The van der Waals surface area contributed by atoms with Gasteiger partial charge in [0.1, 0.15) is 5.15 Å². The van der Waals surface area contributed by atoms with Crippen LogP contribution in [0.4, 0.5) is 5.82 Å². The third kappa shape index (κ3) is 3.15. The Morgan fingerprint density at radius 3 is 2.62 bits per heavy atom. The predicted molar refractivity (Wildman–Crippen MR) is 80.1 cm³/mol. The van der Waals surface area contributed by atoms with Crippen molar-refractivity contribution in [2.45, 2.75) is 13.0 Å². The zero-order valence-electron chi connectivity index (χ0n) is 11.0. The van der Waals surface area contributed by atoms with E-state index in [1.54, 1.807) is 0 Å². The molecule has 0 radical (unpaired) electrons. The Labute approximate surface area is 128 Å². The van der Waals surface area contributed by atoms with Gasteiger partial charge in [-0.3, -0.25) is 4.72 Å². The number of rotatable bonds is 3. The summed E-state index contributed by atoms with van der Waals surface area (Å²) in [4.78, 5) is 7.69. The van der Waals surface area contributed by atoms with E-state index in [-0.39, 0.29) is 11.0 Å². The Morgan fingerprint density at radius 1 is 1.14 bits per heavy atom. The van der Waals surface area contributed by atoms with E-state index < -0.39 is 10.2 Å². The molecule has 0 saturated heterocycles. The van der Waals surface area contributed by atoms with Crippen LogP contribution in [0.25, 0.3) is 0 Å². The number of anilines is 1. The van der Waals surface area contributed by atoms with Gasteiger partial charge in [-0.1, -0.05) is 35.9 Å². The van der Waals surface area contributed by atoms with Crippen LogP contribution in [0.3, 0.4) is 0 Å². The molecule has 1 aromatic heterocycles. The summed E-state index contributed by atoms with van der Waals surface area (Å²) in [5.74, 6) is 0.151. The molecule has 3 rings (SSSR count). The third-order valence-corrected chi connectivity index (χ3v) is 4.94. The molecule has 0 aliphatic carbocycles. The Bertz CT molecular complexity index is 749. The van der Waals surface area contributed by atoms with Crippen LogP contribution < -0.4 is 4.72 Å². The predicted octanol–water partition coefficient (Wildman–Crippen LogP) is 1.84. The van der Waals surface area contributed by atoms with E-state index in [0.29, 0.717) is 19.5 Å². The molecule has 0 amide bonds. The standard InChI is InChI=1S/C13H13ClN4O2S/c14-12-7-16-13(8-15-12)17-21(19,20)18-6-5-10-3-1-2-4-11(10)9-18/h1-4,7-8H,5-6,9H2,(H,16,17). The molecular formula is C13H13ClN4O2S. The number of halogens is 1. The second kappa shape index (κ2) is 5.59. The van der Waals surface area contributed by atoms with Gasteiger partial charge >= 0.3 is 10.2 Å². The van der Waals surface area contributed by atoms with Crippen LogP contribution in [0.5, 0.6) is 0 Å². The van der Waals surface area contributed by atoms with E-state index >= 15 is 0 Å². The fraction of sp³-hybridized carbons (Fsp3) is 0.231. The molecule has 21 heavy (non-hydrogen) atoms. The molecule has 8 heteroatoms. The van der Waals surface area contributed by atoms with Gasteiger partial charge in [0.15, 0.2) is 5.82 Å². The Balaban J connectivity index is 1.78. The highest BCUT2D eigenvalue weighted by atomic mass is 35.5. The first-order valence-corrected chi connectivity index (χ1v) is 8.18. The highest BCUT2D eigenvalue weighted by Crippen LogP contribution is 2.21. The maximum Gasteiger partial charge on any atom is 0.303 e. The number of benzene rings is 1. The van der Waals surface area contributed by atoms with Crippen LogP contribution >= 0.6 is 11.6 Å². The van der Waals surface area contributed by atoms with Crippen molar-refractivity contribution in [3.8, 4) is 0 Å². The van der Waals surface area contributed by atoms with Crippen LogP contribution in [0.15, 0.2) is 36.7 Å². The van der Waals surface area contributed by atoms with E-state index in [0.717, 1.165) is 5.56 Å². The van der Waals surface area contributed by atoms with Gasteiger partial charge in [0.25, 0.3) is 0 Å². The molecule has 0 spiro atoms. The molecule has 1 aliphatic heterocycles. The molecular weight excluding hydrogens is 312 g/mol. The van der Waals surface area contributed by atoms with Gasteiger partial charge in [-0.15, -0.1) is 0 Å². The largest absolute Gasteiger partial charge is 0.303 e. The van der Waals surface area contributed by atoms with E-state index in [4.69, 9.17) is 11.6 Å². The van der Waals surface area contributed by atoms with Crippen LogP contribution in [0.1, 0.15) is 11.1 Å². The summed E-state index contributed by atoms with van der Waals surface area (Å²) in [6.45, 7) is 0.792. The van der Waals surface area contributed by atoms with Crippen molar-refractivity contribution < 1.29 is 8.42 Å². The van der Waals surface area contributed by atoms with Gasteiger partial charge in [0.05, 0.1) is 12.4 Å². The van der Waals surface area contributed by atoms with Gasteiger partial charge < -0.3 is 0 Å². The molecule has 0 unspecified atom stereocenters. The summed E-state index contributed by atoms with van der Waals surface area (Å²) >= 11 is 5.63. The Hall–Kier alpha value is -1.70. The molecule has 1 N–H and O–H groups in total. The maximum atomic E-state index is 12.4. The third-order valence-electron chi connectivity index (χ3n) is 3.29. The topological polar surface area (TPSA) is 75.2 Å². The average molecular weight is 325 g/mol. The summed E-state index contributed by atoms with van der Waals surface area (Å²) in [5, 5.41) is 0.213. The van der Waals surface area contributed by atoms with Crippen molar-refractivity contribution in [1.82, 2.24) is 14.3 Å². The normalized spacial score (nSPS) is 15.5. The van der Waals surface area contributed by atoms with Crippen LogP contribution in [0.2, 0.25) is 5.15 Å². The Kier molecular flexibility index (Phi) is 3.79. The molecule has 1 aromatic carbocycles. The molecule has 0 bridgehead atoms. The number of fused-ring (bicyclic) bond motifs is 1. The summed E-state index contributed by atoms with van der Waals surface area (Å²) < 4.78 is 28.5. The van der Waals surface area contributed by atoms with Crippen molar-refractivity contribution >= 4 is 27.6 Å². The van der Waals surface area contributed by atoms with E-state index in [1.165, 1.54) is 22.3 Å². The second-order valence-corrected chi connectivity index (χ2v) is 6.74. The SMILES string of the molecule is O=S(=O)(Nc1cnc(Cl)cn1)N1CCc2ccccc2C1.